The molecular weight excluding hydrogens is 344 g/mol. The van der Waals surface area contributed by atoms with Crippen LogP contribution in [0.1, 0.15) is 5.56 Å². The SMILES string of the molecule is [O-][S+](Cc1ccc(-c2ccccc2)cc1)c1ccc(-c2nn[nH]n2)cc1. The number of aromatic nitrogens is 4. The minimum Gasteiger partial charge on any atom is -0.611 e. The highest BCUT2D eigenvalue weighted by molar-refractivity contribution is 7.90. The van der Waals surface area contributed by atoms with Crippen molar-refractivity contribution in [2.75, 3.05) is 0 Å². The van der Waals surface area contributed by atoms with Gasteiger partial charge in [0, 0.05) is 11.1 Å². The standard InChI is InChI=1S/C20H16N4OS/c25-26(19-12-10-18(11-13-19)20-21-23-24-22-20)14-15-6-8-17(9-7-15)16-4-2-1-3-5-16/h1-13H,14H2,(H,21,22,23,24). The van der Waals surface area contributed by atoms with Crippen LogP contribution < -0.4 is 0 Å². The number of hydrogen-bond donors (Lipinski definition) is 1. The molecule has 1 N–H and O–H groups in total. The summed E-state index contributed by atoms with van der Waals surface area (Å²) in [7, 11) is 0. The summed E-state index contributed by atoms with van der Waals surface area (Å²) in [5, 5.41) is 13.8. The van der Waals surface area contributed by atoms with E-state index in [2.05, 4.69) is 44.9 Å². The van der Waals surface area contributed by atoms with Crippen molar-refractivity contribution in [3.63, 3.8) is 0 Å². The largest absolute Gasteiger partial charge is 0.611 e. The average Bonchev–Trinajstić information content (AvgIpc) is 3.24. The summed E-state index contributed by atoms with van der Waals surface area (Å²) < 4.78 is 12.6. The lowest BCUT2D eigenvalue weighted by Crippen LogP contribution is -2.05. The van der Waals surface area contributed by atoms with E-state index in [9.17, 15) is 4.55 Å². The summed E-state index contributed by atoms with van der Waals surface area (Å²) in [4.78, 5) is 0.782. The molecule has 0 saturated heterocycles. The van der Waals surface area contributed by atoms with Gasteiger partial charge in [0.25, 0.3) is 0 Å². The van der Waals surface area contributed by atoms with E-state index in [4.69, 9.17) is 0 Å². The molecule has 1 unspecified atom stereocenters. The van der Waals surface area contributed by atoms with Gasteiger partial charge in [-0.3, -0.25) is 0 Å². The van der Waals surface area contributed by atoms with E-state index in [0.717, 1.165) is 21.6 Å². The van der Waals surface area contributed by atoms with Gasteiger partial charge >= 0.3 is 0 Å². The Morgan fingerprint density at radius 3 is 2.08 bits per heavy atom. The predicted octanol–water partition coefficient (Wildman–Crippen LogP) is 3.84. The number of hydrogen-bond acceptors (Lipinski definition) is 4. The van der Waals surface area contributed by atoms with E-state index in [1.54, 1.807) is 0 Å². The van der Waals surface area contributed by atoms with Crippen LogP contribution in [-0.2, 0) is 16.9 Å². The van der Waals surface area contributed by atoms with Crippen LogP contribution in [0, 0.1) is 0 Å². The second-order valence-electron chi connectivity index (χ2n) is 5.81. The maximum Gasteiger partial charge on any atom is 0.204 e. The Labute approximate surface area is 154 Å². The Hall–Kier alpha value is -2.96. The zero-order chi connectivity index (χ0) is 17.8. The van der Waals surface area contributed by atoms with Crippen LogP contribution in [0.2, 0.25) is 0 Å². The first-order valence-electron chi connectivity index (χ1n) is 8.16. The molecular formula is C20H16N4OS. The zero-order valence-corrected chi connectivity index (χ0v) is 14.7. The summed E-state index contributed by atoms with van der Waals surface area (Å²) >= 11 is -1.10. The highest BCUT2D eigenvalue weighted by atomic mass is 32.2. The summed E-state index contributed by atoms with van der Waals surface area (Å²) in [5.41, 5.74) is 4.22. The highest BCUT2D eigenvalue weighted by Gasteiger charge is 2.13. The number of nitrogens with zero attached hydrogens (tertiary/aromatic N) is 3. The van der Waals surface area contributed by atoms with Crippen LogP contribution in [0.15, 0.2) is 83.8 Å². The average molecular weight is 360 g/mol. The van der Waals surface area contributed by atoms with Gasteiger partial charge in [0.2, 0.25) is 5.82 Å². The van der Waals surface area contributed by atoms with Gasteiger partial charge in [0.05, 0.1) is 0 Å². The quantitative estimate of drug-likeness (QED) is 0.549. The third kappa shape index (κ3) is 3.66. The van der Waals surface area contributed by atoms with Crippen LogP contribution in [-0.4, -0.2) is 25.2 Å². The Kier molecular flexibility index (Phi) is 4.77. The Bertz CT molecular complexity index is 955. The van der Waals surface area contributed by atoms with E-state index in [1.807, 2.05) is 54.6 Å². The molecule has 4 rings (SSSR count). The molecule has 3 aromatic carbocycles. The predicted molar refractivity (Wildman–Crippen MR) is 102 cm³/mol. The molecule has 0 spiro atoms. The van der Waals surface area contributed by atoms with Crippen LogP contribution >= 0.6 is 0 Å². The van der Waals surface area contributed by atoms with Crippen molar-refractivity contribution >= 4 is 11.2 Å². The first kappa shape index (κ1) is 16.5. The first-order chi connectivity index (χ1) is 12.8. The molecule has 0 fully saturated rings. The second-order valence-corrected chi connectivity index (χ2v) is 7.26. The van der Waals surface area contributed by atoms with E-state index in [-0.39, 0.29) is 0 Å². The number of tetrazole rings is 1. The van der Waals surface area contributed by atoms with Gasteiger partial charge in [0.1, 0.15) is 5.75 Å². The Morgan fingerprint density at radius 2 is 1.42 bits per heavy atom. The van der Waals surface area contributed by atoms with Crippen LogP contribution in [0.5, 0.6) is 0 Å². The number of rotatable bonds is 5. The van der Waals surface area contributed by atoms with Gasteiger partial charge in [-0.05, 0) is 51.8 Å². The van der Waals surface area contributed by atoms with Crippen molar-refractivity contribution in [1.82, 2.24) is 20.6 Å². The van der Waals surface area contributed by atoms with Crippen molar-refractivity contribution in [2.45, 2.75) is 10.6 Å². The molecule has 0 aliphatic heterocycles. The molecule has 26 heavy (non-hydrogen) atoms. The van der Waals surface area contributed by atoms with Crippen molar-refractivity contribution in [1.29, 1.82) is 0 Å². The Balaban J connectivity index is 1.45. The Morgan fingerprint density at radius 1 is 0.769 bits per heavy atom. The van der Waals surface area contributed by atoms with Crippen molar-refractivity contribution < 1.29 is 4.55 Å². The molecule has 1 aromatic heterocycles. The van der Waals surface area contributed by atoms with Gasteiger partial charge in [-0.15, -0.1) is 10.2 Å². The van der Waals surface area contributed by atoms with Gasteiger partial charge in [-0.1, -0.05) is 54.6 Å². The van der Waals surface area contributed by atoms with E-state index >= 15 is 0 Å². The fourth-order valence-corrected chi connectivity index (χ4v) is 3.80. The third-order valence-corrected chi connectivity index (χ3v) is 5.47. The lowest BCUT2D eigenvalue weighted by molar-refractivity contribution is 0.594. The first-order valence-corrected chi connectivity index (χ1v) is 9.48. The number of nitrogens with one attached hydrogen (secondary N) is 1. The van der Waals surface area contributed by atoms with Crippen molar-refractivity contribution in [2.24, 2.45) is 0 Å². The van der Waals surface area contributed by atoms with Gasteiger partial charge < -0.3 is 4.55 Å². The van der Waals surface area contributed by atoms with E-state index in [1.165, 1.54) is 5.56 Å². The van der Waals surface area contributed by atoms with E-state index < -0.39 is 11.2 Å². The molecule has 0 amide bonds. The van der Waals surface area contributed by atoms with Crippen molar-refractivity contribution in [3.8, 4) is 22.5 Å². The summed E-state index contributed by atoms with van der Waals surface area (Å²) in [6, 6.07) is 25.8. The molecule has 1 heterocycles. The van der Waals surface area contributed by atoms with Crippen LogP contribution in [0.25, 0.3) is 22.5 Å². The normalized spacial score (nSPS) is 12.0. The van der Waals surface area contributed by atoms with Gasteiger partial charge in [-0.2, -0.15) is 5.21 Å². The number of H-pyrrole nitrogens is 1. The lowest BCUT2D eigenvalue weighted by atomic mass is 10.0. The topological polar surface area (TPSA) is 77.5 Å². The summed E-state index contributed by atoms with van der Waals surface area (Å²) in [6.45, 7) is 0. The zero-order valence-electron chi connectivity index (χ0n) is 13.9. The monoisotopic (exact) mass is 360 g/mol. The molecule has 6 heteroatoms. The maximum atomic E-state index is 12.6. The van der Waals surface area contributed by atoms with Crippen molar-refractivity contribution in [3.05, 3.63) is 84.4 Å². The summed E-state index contributed by atoms with van der Waals surface area (Å²) in [5.74, 6) is 1.01. The molecule has 1 atom stereocenters. The number of benzene rings is 3. The molecule has 0 radical (unpaired) electrons. The van der Waals surface area contributed by atoms with Gasteiger partial charge in [0.15, 0.2) is 4.90 Å². The lowest BCUT2D eigenvalue weighted by Gasteiger charge is -2.11. The minimum absolute atomic E-state index is 0.483. The molecule has 0 bridgehead atoms. The van der Waals surface area contributed by atoms with Crippen LogP contribution in [0.4, 0.5) is 0 Å². The molecule has 0 saturated carbocycles. The fraction of sp³-hybridized carbons (Fsp3) is 0.0500. The van der Waals surface area contributed by atoms with Gasteiger partial charge in [-0.25, -0.2) is 0 Å². The molecule has 4 aromatic rings. The third-order valence-electron chi connectivity index (χ3n) is 4.08. The minimum atomic E-state index is -1.10. The van der Waals surface area contributed by atoms with Crippen LogP contribution in [0.3, 0.4) is 0 Å². The highest BCUT2D eigenvalue weighted by Crippen LogP contribution is 2.23. The molecule has 0 aliphatic carbocycles. The molecule has 0 aliphatic rings. The fourth-order valence-electron chi connectivity index (χ4n) is 2.70. The smallest absolute Gasteiger partial charge is 0.204 e. The maximum absolute atomic E-state index is 12.6. The number of aromatic amines is 1. The molecule has 5 nitrogen and oxygen atoms in total. The molecule has 128 valence electrons. The second kappa shape index (κ2) is 7.51. The van der Waals surface area contributed by atoms with E-state index in [0.29, 0.717) is 11.6 Å². The summed E-state index contributed by atoms with van der Waals surface area (Å²) in [6.07, 6.45) is 0.